The Morgan fingerprint density at radius 3 is 3.09 bits per heavy atom. The van der Waals surface area contributed by atoms with E-state index >= 15 is 0 Å². The molecule has 0 fully saturated rings. The van der Waals surface area contributed by atoms with E-state index in [1.165, 1.54) is 0 Å². The molecular weight excluding hydrogens is 138 g/mol. The molecule has 1 aromatic carbocycles. The summed E-state index contributed by atoms with van der Waals surface area (Å²) in [5, 5.41) is 0. The van der Waals surface area contributed by atoms with Gasteiger partial charge in [0.25, 0.3) is 0 Å². The molecule has 0 aliphatic rings. The first-order valence-corrected chi connectivity index (χ1v) is 3.46. The van der Waals surface area contributed by atoms with Crippen LogP contribution in [0.15, 0.2) is 18.5 Å². The van der Waals surface area contributed by atoms with Crippen molar-refractivity contribution in [2.24, 2.45) is 0 Å². The molecule has 2 rings (SSSR count). The van der Waals surface area contributed by atoms with Crippen LogP contribution in [-0.2, 0) is 0 Å². The van der Waals surface area contributed by atoms with Crippen LogP contribution in [0.3, 0.4) is 0 Å². The fourth-order valence-corrected chi connectivity index (χ4v) is 1.23. The van der Waals surface area contributed by atoms with Crippen molar-refractivity contribution in [3.8, 4) is 0 Å². The molecule has 0 radical (unpaired) electrons. The lowest BCUT2D eigenvalue weighted by Gasteiger charge is -1.96. The molecule has 0 atom stereocenters. The first-order chi connectivity index (χ1) is 5.27. The maximum Gasteiger partial charge on any atom is 0.111 e. The number of anilines is 1. The van der Waals surface area contributed by atoms with E-state index in [9.17, 15) is 0 Å². The summed E-state index contributed by atoms with van der Waals surface area (Å²) in [7, 11) is 0. The fourth-order valence-electron chi connectivity index (χ4n) is 1.23. The second-order valence-corrected chi connectivity index (χ2v) is 2.65. The van der Waals surface area contributed by atoms with Gasteiger partial charge in [0.1, 0.15) is 5.52 Å². The van der Waals surface area contributed by atoms with Gasteiger partial charge >= 0.3 is 0 Å². The summed E-state index contributed by atoms with van der Waals surface area (Å²) >= 11 is 0. The highest BCUT2D eigenvalue weighted by molar-refractivity contribution is 5.87. The summed E-state index contributed by atoms with van der Waals surface area (Å²) in [6, 6.07) is 3.95. The van der Waals surface area contributed by atoms with E-state index in [1.807, 2.05) is 19.1 Å². The van der Waals surface area contributed by atoms with Gasteiger partial charge in [-0.1, -0.05) is 0 Å². The van der Waals surface area contributed by atoms with Gasteiger partial charge in [-0.05, 0) is 24.6 Å². The smallest absolute Gasteiger partial charge is 0.111 e. The van der Waals surface area contributed by atoms with Crippen molar-refractivity contribution >= 4 is 16.7 Å². The van der Waals surface area contributed by atoms with Crippen molar-refractivity contribution in [2.45, 2.75) is 6.92 Å². The number of H-pyrrole nitrogens is 1. The summed E-state index contributed by atoms with van der Waals surface area (Å²) in [5.41, 5.74) is 9.47. The third kappa shape index (κ3) is 0.852. The lowest BCUT2D eigenvalue weighted by molar-refractivity contribution is 1.34. The molecule has 56 valence electrons. The van der Waals surface area contributed by atoms with Crippen LogP contribution in [-0.4, -0.2) is 9.97 Å². The quantitative estimate of drug-likeness (QED) is 0.554. The van der Waals surface area contributed by atoms with E-state index in [0.717, 1.165) is 22.3 Å². The molecule has 0 saturated carbocycles. The highest BCUT2D eigenvalue weighted by atomic mass is 14.9. The minimum Gasteiger partial charge on any atom is -0.397 e. The highest BCUT2D eigenvalue weighted by Crippen LogP contribution is 2.18. The molecule has 0 spiro atoms. The predicted octanol–water partition coefficient (Wildman–Crippen LogP) is 1.45. The topological polar surface area (TPSA) is 54.7 Å². The van der Waals surface area contributed by atoms with Gasteiger partial charge in [-0.25, -0.2) is 4.98 Å². The molecule has 1 heterocycles. The highest BCUT2D eigenvalue weighted by Gasteiger charge is 1.99. The number of imidazole rings is 1. The Morgan fingerprint density at radius 1 is 1.45 bits per heavy atom. The van der Waals surface area contributed by atoms with Gasteiger partial charge in [-0.15, -0.1) is 0 Å². The Hall–Kier alpha value is -1.51. The van der Waals surface area contributed by atoms with E-state index in [2.05, 4.69) is 9.97 Å². The number of nitrogens with two attached hydrogens (primary N) is 1. The largest absolute Gasteiger partial charge is 0.397 e. The SMILES string of the molecule is Cc1cc(N)c2nc[nH]c2c1. The third-order valence-corrected chi connectivity index (χ3v) is 1.70. The lowest BCUT2D eigenvalue weighted by atomic mass is 10.2. The summed E-state index contributed by atoms with van der Waals surface area (Å²) in [6.45, 7) is 2.01. The van der Waals surface area contributed by atoms with Gasteiger partial charge in [-0.3, -0.25) is 0 Å². The van der Waals surface area contributed by atoms with Gasteiger partial charge in [-0.2, -0.15) is 0 Å². The number of nitrogen functional groups attached to an aromatic ring is 1. The van der Waals surface area contributed by atoms with Crippen LogP contribution < -0.4 is 5.73 Å². The molecule has 11 heavy (non-hydrogen) atoms. The molecule has 0 aliphatic carbocycles. The molecule has 3 N–H and O–H groups in total. The zero-order valence-electron chi connectivity index (χ0n) is 6.26. The number of aryl methyl sites for hydroxylation is 1. The summed E-state index contributed by atoms with van der Waals surface area (Å²) in [5.74, 6) is 0. The second-order valence-electron chi connectivity index (χ2n) is 2.65. The molecule has 0 saturated heterocycles. The van der Waals surface area contributed by atoms with Crippen molar-refractivity contribution in [3.63, 3.8) is 0 Å². The molecule has 0 amide bonds. The molecule has 2 aromatic rings. The van der Waals surface area contributed by atoms with Crippen LogP contribution in [0, 0.1) is 6.92 Å². The van der Waals surface area contributed by atoms with E-state index in [-0.39, 0.29) is 0 Å². The van der Waals surface area contributed by atoms with Crippen LogP contribution in [0.25, 0.3) is 11.0 Å². The van der Waals surface area contributed by atoms with Crippen molar-refractivity contribution in [2.75, 3.05) is 5.73 Å². The minimum absolute atomic E-state index is 0.737. The molecule has 0 aliphatic heterocycles. The van der Waals surface area contributed by atoms with Crippen LogP contribution in [0.5, 0.6) is 0 Å². The second kappa shape index (κ2) is 1.99. The Balaban J connectivity index is 2.91. The lowest BCUT2D eigenvalue weighted by Crippen LogP contribution is -1.87. The number of rotatable bonds is 0. The molecule has 3 heteroatoms. The van der Waals surface area contributed by atoms with Crippen LogP contribution in [0.4, 0.5) is 5.69 Å². The first-order valence-electron chi connectivity index (χ1n) is 3.46. The monoisotopic (exact) mass is 147 g/mol. The van der Waals surface area contributed by atoms with Crippen LogP contribution >= 0.6 is 0 Å². The summed E-state index contributed by atoms with van der Waals surface area (Å²) in [4.78, 5) is 7.09. The minimum atomic E-state index is 0.737. The van der Waals surface area contributed by atoms with Crippen molar-refractivity contribution < 1.29 is 0 Å². The number of nitrogens with zero attached hydrogens (tertiary/aromatic N) is 1. The van der Waals surface area contributed by atoms with E-state index in [0.29, 0.717) is 0 Å². The van der Waals surface area contributed by atoms with Crippen LogP contribution in [0.2, 0.25) is 0 Å². The van der Waals surface area contributed by atoms with Crippen molar-refractivity contribution in [3.05, 3.63) is 24.0 Å². The molecular formula is C8H9N3. The number of hydrogen-bond acceptors (Lipinski definition) is 2. The van der Waals surface area contributed by atoms with Crippen molar-refractivity contribution in [1.82, 2.24) is 9.97 Å². The third-order valence-electron chi connectivity index (χ3n) is 1.70. The maximum atomic E-state index is 5.72. The number of benzene rings is 1. The molecule has 3 nitrogen and oxygen atoms in total. The van der Waals surface area contributed by atoms with Gasteiger partial charge in [0.05, 0.1) is 17.5 Å². The first kappa shape index (κ1) is 6.22. The standard InChI is InChI=1S/C8H9N3/c1-5-2-6(9)8-7(3-5)10-4-11-8/h2-4H,9H2,1H3,(H,10,11). The van der Waals surface area contributed by atoms with Gasteiger partial charge in [0, 0.05) is 0 Å². The van der Waals surface area contributed by atoms with Gasteiger partial charge in [0.2, 0.25) is 0 Å². The summed E-state index contributed by atoms with van der Waals surface area (Å²) < 4.78 is 0. The average Bonchev–Trinajstić information content (AvgIpc) is 2.34. The number of aromatic nitrogens is 2. The van der Waals surface area contributed by atoms with Gasteiger partial charge in [0.15, 0.2) is 0 Å². The Bertz CT molecular complexity index is 389. The molecule has 0 bridgehead atoms. The Morgan fingerprint density at radius 2 is 2.27 bits per heavy atom. The number of nitrogens with one attached hydrogen (secondary N) is 1. The molecule has 1 aromatic heterocycles. The Labute approximate surface area is 64.2 Å². The van der Waals surface area contributed by atoms with E-state index in [1.54, 1.807) is 6.33 Å². The zero-order chi connectivity index (χ0) is 7.84. The Kier molecular flexibility index (Phi) is 1.12. The maximum absolute atomic E-state index is 5.72. The van der Waals surface area contributed by atoms with E-state index in [4.69, 9.17) is 5.73 Å². The summed E-state index contributed by atoms with van der Waals surface area (Å²) in [6.07, 6.45) is 1.65. The predicted molar refractivity (Wildman–Crippen MR) is 45.2 cm³/mol. The van der Waals surface area contributed by atoms with Crippen molar-refractivity contribution in [1.29, 1.82) is 0 Å². The zero-order valence-corrected chi connectivity index (χ0v) is 6.26. The fraction of sp³-hybridized carbons (Fsp3) is 0.125. The average molecular weight is 147 g/mol. The number of aromatic amines is 1. The number of fused-ring (bicyclic) bond motifs is 1. The number of hydrogen-bond donors (Lipinski definition) is 2. The normalized spacial score (nSPS) is 10.6. The van der Waals surface area contributed by atoms with Crippen LogP contribution in [0.1, 0.15) is 5.56 Å². The van der Waals surface area contributed by atoms with Gasteiger partial charge < -0.3 is 10.7 Å². The molecule has 0 unspecified atom stereocenters. The van der Waals surface area contributed by atoms with E-state index < -0.39 is 0 Å².